The quantitative estimate of drug-likeness (QED) is 0.857. The lowest BCUT2D eigenvalue weighted by atomic mass is 10.0. The van der Waals surface area contributed by atoms with Crippen LogP contribution in [-0.4, -0.2) is 57.2 Å². The van der Waals surface area contributed by atoms with Crippen LogP contribution < -0.4 is 4.90 Å². The molecule has 1 aliphatic heterocycles. The fourth-order valence-corrected chi connectivity index (χ4v) is 2.94. The van der Waals surface area contributed by atoms with Gasteiger partial charge in [0.1, 0.15) is 0 Å². The van der Waals surface area contributed by atoms with Crippen molar-refractivity contribution in [1.82, 2.24) is 25.1 Å². The van der Waals surface area contributed by atoms with E-state index in [0.717, 1.165) is 37.6 Å². The summed E-state index contributed by atoms with van der Waals surface area (Å²) >= 11 is 0. The first-order valence-electron chi connectivity index (χ1n) is 7.90. The second-order valence-electron chi connectivity index (χ2n) is 6.07. The van der Waals surface area contributed by atoms with Crippen LogP contribution >= 0.6 is 0 Å². The highest BCUT2D eigenvalue weighted by molar-refractivity contribution is 5.73. The standard InChI is InChI=1S/C16H22N6O/c1-12-4-6-15(7-5-12)22-16(17-18-19-22)21-10-8-14(9-11-21)20(3)13(2)23/h4-7,14H,8-11H2,1-3H3. The normalized spacial score (nSPS) is 15.7. The molecule has 0 aliphatic carbocycles. The maximum absolute atomic E-state index is 11.5. The average molecular weight is 314 g/mol. The van der Waals surface area contributed by atoms with Crippen molar-refractivity contribution in [2.75, 3.05) is 25.0 Å². The second kappa shape index (κ2) is 6.36. The fourth-order valence-electron chi connectivity index (χ4n) is 2.94. The molecule has 0 saturated carbocycles. The van der Waals surface area contributed by atoms with Crippen LogP contribution in [-0.2, 0) is 4.79 Å². The van der Waals surface area contributed by atoms with Crippen molar-refractivity contribution < 1.29 is 4.79 Å². The van der Waals surface area contributed by atoms with Gasteiger partial charge >= 0.3 is 0 Å². The SMILES string of the molecule is CC(=O)N(C)C1CCN(c2nnnn2-c2ccc(C)cc2)CC1. The number of piperidine rings is 1. The van der Waals surface area contributed by atoms with E-state index < -0.39 is 0 Å². The summed E-state index contributed by atoms with van der Waals surface area (Å²) in [5.41, 5.74) is 2.16. The third-order valence-electron chi connectivity index (χ3n) is 4.52. The number of carbonyl (C=O) groups is 1. The highest BCUT2D eigenvalue weighted by atomic mass is 16.2. The maximum Gasteiger partial charge on any atom is 0.250 e. The van der Waals surface area contributed by atoms with Gasteiger partial charge in [-0.3, -0.25) is 4.79 Å². The Morgan fingerprint density at radius 3 is 2.48 bits per heavy atom. The van der Waals surface area contributed by atoms with Gasteiger partial charge in [-0.05, 0) is 42.3 Å². The third kappa shape index (κ3) is 3.18. The van der Waals surface area contributed by atoms with E-state index in [0.29, 0.717) is 6.04 Å². The topological polar surface area (TPSA) is 67.2 Å². The number of amides is 1. The Morgan fingerprint density at radius 2 is 1.87 bits per heavy atom. The number of rotatable bonds is 3. The Labute approximate surface area is 135 Å². The number of aromatic nitrogens is 4. The number of tetrazole rings is 1. The molecule has 23 heavy (non-hydrogen) atoms. The summed E-state index contributed by atoms with van der Waals surface area (Å²) < 4.78 is 1.77. The Hall–Kier alpha value is -2.44. The summed E-state index contributed by atoms with van der Waals surface area (Å²) in [6.45, 7) is 5.36. The summed E-state index contributed by atoms with van der Waals surface area (Å²) in [5, 5.41) is 12.1. The van der Waals surface area contributed by atoms with Gasteiger partial charge in [-0.15, -0.1) is 0 Å². The molecule has 2 heterocycles. The highest BCUT2D eigenvalue weighted by Gasteiger charge is 2.26. The van der Waals surface area contributed by atoms with Crippen molar-refractivity contribution >= 4 is 11.9 Å². The number of nitrogens with zero attached hydrogens (tertiary/aromatic N) is 6. The highest BCUT2D eigenvalue weighted by Crippen LogP contribution is 2.22. The van der Waals surface area contributed by atoms with Crippen LogP contribution in [0, 0.1) is 6.92 Å². The number of hydrogen-bond acceptors (Lipinski definition) is 5. The number of hydrogen-bond donors (Lipinski definition) is 0. The Balaban J connectivity index is 1.74. The van der Waals surface area contributed by atoms with E-state index in [1.165, 1.54) is 5.56 Å². The van der Waals surface area contributed by atoms with Crippen LogP contribution in [0.2, 0.25) is 0 Å². The first-order chi connectivity index (χ1) is 11.1. The lowest BCUT2D eigenvalue weighted by Gasteiger charge is -2.36. The molecule has 1 aliphatic rings. The van der Waals surface area contributed by atoms with Crippen LogP contribution in [0.3, 0.4) is 0 Å². The molecule has 0 N–H and O–H groups in total. The molecule has 0 radical (unpaired) electrons. The molecule has 1 fully saturated rings. The van der Waals surface area contributed by atoms with Gasteiger partial charge in [-0.2, -0.15) is 4.68 Å². The molecular formula is C16H22N6O. The lowest BCUT2D eigenvalue weighted by molar-refractivity contribution is -0.129. The molecule has 3 rings (SSSR count). The zero-order valence-electron chi connectivity index (χ0n) is 13.8. The number of aryl methyl sites for hydroxylation is 1. The molecule has 7 heteroatoms. The molecule has 1 aromatic carbocycles. The van der Waals surface area contributed by atoms with E-state index in [2.05, 4.69) is 39.5 Å². The lowest BCUT2D eigenvalue weighted by Crippen LogP contribution is -2.45. The van der Waals surface area contributed by atoms with Crippen LogP contribution in [0.4, 0.5) is 5.95 Å². The molecule has 122 valence electrons. The van der Waals surface area contributed by atoms with Gasteiger partial charge in [0, 0.05) is 33.1 Å². The van der Waals surface area contributed by atoms with Crippen LogP contribution in [0.15, 0.2) is 24.3 Å². The van der Waals surface area contributed by atoms with E-state index >= 15 is 0 Å². The molecule has 0 spiro atoms. The minimum absolute atomic E-state index is 0.118. The van der Waals surface area contributed by atoms with Crippen LogP contribution in [0.25, 0.3) is 5.69 Å². The molecular weight excluding hydrogens is 292 g/mol. The van der Waals surface area contributed by atoms with E-state index in [9.17, 15) is 4.79 Å². The van der Waals surface area contributed by atoms with Crippen molar-refractivity contribution in [2.24, 2.45) is 0 Å². The van der Waals surface area contributed by atoms with Gasteiger partial charge in [0.05, 0.1) is 5.69 Å². The Kier molecular flexibility index (Phi) is 4.27. The summed E-state index contributed by atoms with van der Waals surface area (Å²) in [4.78, 5) is 15.5. The number of benzene rings is 1. The maximum atomic E-state index is 11.5. The molecule has 0 atom stereocenters. The van der Waals surface area contributed by atoms with Gasteiger partial charge in [0.2, 0.25) is 11.9 Å². The van der Waals surface area contributed by atoms with Crippen molar-refractivity contribution in [3.8, 4) is 5.69 Å². The predicted octanol–water partition coefficient (Wildman–Crippen LogP) is 1.42. The summed E-state index contributed by atoms with van der Waals surface area (Å²) in [5.74, 6) is 0.880. The summed E-state index contributed by atoms with van der Waals surface area (Å²) in [7, 11) is 1.87. The minimum atomic E-state index is 0.118. The zero-order valence-corrected chi connectivity index (χ0v) is 13.8. The van der Waals surface area contributed by atoms with Gasteiger partial charge < -0.3 is 9.80 Å². The zero-order chi connectivity index (χ0) is 16.4. The van der Waals surface area contributed by atoms with Gasteiger partial charge in [0.25, 0.3) is 0 Å². The van der Waals surface area contributed by atoms with Crippen LogP contribution in [0.5, 0.6) is 0 Å². The third-order valence-corrected chi connectivity index (χ3v) is 4.52. The van der Waals surface area contributed by atoms with Gasteiger partial charge in [-0.1, -0.05) is 22.8 Å². The fraction of sp³-hybridized carbons (Fsp3) is 0.500. The molecule has 1 amide bonds. The van der Waals surface area contributed by atoms with E-state index in [1.54, 1.807) is 11.6 Å². The van der Waals surface area contributed by atoms with Crippen LogP contribution in [0.1, 0.15) is 25.3 Å². The first-order valence-corrected chi connectivity index (χ1v) is 7.90. The smallest absolute Gasteiger partial charge is 0.250 e. The van der Waals surface area contributed by atoms with Crippen molar-refractivity contribution in [3.63, 3.8) is 0 Å². The Morgan fingerprint density at radius 1 is 1.22 bits per heavy atom. The molecule has 0 unspecified atom stereocenters. The monoisotopic (exact) mass is 314 g/mol. The summed E-state index contributed by atoms with van der Waals surface area (Å²) in [6, 6.07) is 8.44. The molecule has 1 saturated heterocycles. The van der Waals surface area contributed by atoms with Gasteiger partial charge in [0.15, 0.2) is 0 Å². The van der Waals surface area contributed by atoms with E-state index in [4.69, 9.17) is 0 Å². The largest absolute Gasteiger partial charge is 0.343 e. The predicted molar refractivity (Wildman–Crippen MR) is 87.6 cm³/mol. The number of anilines is 1. The Bertz CT molecular complexity index is 672. The van der Waals surface area contributed by atoms with Crippen molar-refractivity contribution in [3.05, 3.63) is 29.8 Å². The molecule has 2 aromatic rings. The molecule has 1 aromatic heterocycles. The minimum Gasteiger partial charge on any atom is -0.343 e. The van der Waals surface area contributed by atoms with Crippen molar-refractivity contribution in [1.29, 1.82) is 0 Å². The molecule has 0 bridgehead atoms. The van der Waals surface area contributed by atoms with E-state index in [-0.39, 0.29) is 5.91 Å². The molecule has 7 nitrogen and oxygen atoms in total. The van der Waals surface area contributed by atoms with Gasteiger partial charge in [-0.25, -0.2) is 0 Å². The van der Waals surface area contributed by atoms with Crippen molar-refractivity contribution in [2.45, 2.75) is 32.7 Å². The average Bonchev–Trinajstić information content (AvgIpc) is 3.04. The van der Waals surface area contributed by atoms with E-state index in [1.807, 2.05) is 24.1 Å². The summed E-state index contributed by atoms with van der Waals surface area (Å²) in [6.07, 6.45) is 1.85. The number of carbonyl (C=O) groups excluding carboxylic acids is 1. The first kappa shape index (κ1) is 15.5. The second-order valence-corrected chi connectivity index (χ2v) is 6.07.